The number of likely N-dealkylation sites (N-methyl/N-ethyl adjacent to an activating group) is 1. The lowest BCUT2D eigenvalue weighted by Gasteiger charge is -2.43. The number of benzene rings is 6. The van der Waals surface area contributed by atoms with E-state index in [4.69, 9.17) is 5.84 Å². The lowest BCUT2D eigenvalue weighted by Crippen LogP contribution is -2.32. The van der Waals surface area contributed by atoms with E-state index < -0.39 is 0 Å². The second-order valence-electron chi connectivity index (χ2n) is 17.1. The third-order valence-corrected chi connectivity index (χ3v) is 12.5. The summed E-state index contributed by atoms with van der Waals surface area (Å²) in [5.74, 6) is 5.44. The Hall–Kier alpha value is -6.30. The van der Waals surface area contributed by atoms with E-state index in [0.717, 1.165) is 18.5 Å². The minimum Gasteiger partial charge on any atom is -0.388 e. The third kappa shape index (κ3) is 8.03. The minimum absolute atomic E-state index is 0.0545. The molecule has 1 aliphatic carbocycles. The summed E-state index contributed by atoms with van der Waals surface area (Å²) in [6, 6.07) is 54.5. The molecule has 0 fully saturated rings. The lowest BCUT2D eigenvalue weighted by molar-refractivity contribution is 0.627. The number of hydrazine groups is 1. The normalized spacial score (nSPS) is 15.7. The number of hydrogen-bond donors (Lipinski definition) is 3. The Morgan fingerprint density at radius 2 is 0.967 bits per heavy atom. The number of allylic oxidation sites excluding steroid dienone is 5. The van der Waals surface area contributed by atoms with Gasteiger partial charge in [-0.3, -0.25) is 5.84 Å². The average molecular weight is 806 g/mol. The van der Waals surface area contributed by atoms with Gasteiger partial charge in [0, 0.05) is 52.0 Å². The van der Waals surface area contributed by atoms with Crippen LogP contribution >= 0.6 is 0 Å². The van der Waals surface area contributed by atoms with Crippen LogP contribution in [-0.2, 0) is 10.8 Å². The molecule has 0 atom stereocenters. The number of fused-ring (bicyclic) bond motifs is 4. The van der Waals surface area contributed by atoms with E-state index >= 15 is 0 Å². The van der Waals surface area contributed by atoms with Crippen molar-refractivity contribution in [1.82, 2.24) is 5.32 Å². The molecule has 2 aliphatic heterocycles. The van der Waals surface area contributed by atoms with Crippen LogP contribution in [-0.4, -0.2) is 7.05 Å². The van der Waals surface area contributed by atoms with Crippen molar-refractivity contribution in [3.05, 3.63) is 209 Å². The first kappa shape index (κ1) is 42.8. The van der Waals surface area contributed by atoms with Crippen LogP contribution in [0.5, 0.6) is 0 Å². The smallest absolute Gasteiger partial charge is 0.0502 e. The molecule has 61 heavy (non-hydrogen) atoms. The standard InChI is InChI=1S/C48H49N3.C6H8N2.C2H6/c1-32(2)45(33-24-28-35(29-25-33)50-41-20-12-8-16-37(41)47(3,4)38-17-9-13-21-42(38)50)46(49-7)34-26-30-36(31-27-34)51-43-22-14-10-18-39(43)48(5,6)40-19-11-15-23-44(40)51;7-8-6-4-2-1-3-5-6;1-2/h8-26,28-30,32,49H,27,31H2,1-7H3;1-5,8H,7H2;1-2H3/b46-45+;;. The topological polar surface area (TPSA) is 56.6 Å². The van der Waals surface area contributed by atoms with Gasteiger partial charge < -0.3 is 20.5 Å². The van der Waals surface area contributed by atoms with Crippen LogP contribution in [0.1, 0.15) is 96.0 Å². The fourth-order valence-electron chi connectivity index (χ4n) is 9.51. The predicted molar refractivity (Wildman–Crippen MR) is 262 cm³/mol. The van der Waals surface area contributed by atoms with E-state index in [2.05, 4.69) is 203 Å². The quantitative estimate of drug-likeness (QED) is 0.111. The molecular weight excluding hydrogens is 743 g/mol. The first-order valence-electron chi connectivity index (χ1n) is 22.0. The molecule has 0 amide bonds. The highest BCUT2D eigenvalue weighted by Crippen LogP contribution is 2.53. The second kappa shape index (κ2) is 18.1. The maximum absolute atomic E-state index is 5.10. The van der Waals surface area contributed by atoms with Crippen molar-refractivity contribution in [2.24, 2.45) is 11.8 Å². The molecule has 0 saturated heterocycles. The molecule has 6 aromatic carbocycles. The van der Waals surface area contributed by atoms with Crippen LogP contribution in [0.15, 0.2) is 181 Å². The van der Waals surface area contributed by atoms with Gasteiger partial charge in [-0.15, -0.1) is 0 Å². The maximum Gasteiger partial charge on any atom is 0.0502 e. The van der Waals surface area contributed by atoms with Crippen LogP contribution in [0.25, 0.3) is 5.57 Å². The minimum atomic E-state index is -0.0712. The molecule has 5 heteroatoms. The lowest BCUT2D eigenvalue weighted by atomic mass is 9.73. The molecule has 9 rings (SSSR count). The van der Waals surface area contributed by atoms with E-state index in [1.54, 1.807) is 0 Å². The number of nitrogens with two attached hydrogens (primary N) is 1. The molecule has 0 saturated carbocycles. The molecule has 0 spiro atoms. The number of anilines is 6. The Morgan fingerprint density at radius 3 is 1.34 bits per heavy atom. The molecule has 3 aliphatic rings. The van der Waals surface area contributed by atoms with Crippen molar-refractivity contribution < 1.29 is 0 Å². The summed E-state index contributed by atoms with van der Waals surface area (Å²) < 4.78 is 0. The van der Waals surface area contributed by atoms with Crippen LogP contribution in [0.3, 0.4) is 0 Å². The zero-order valence-corrected chi connectivity index (χ0v) is 37.6. The highest BCUT2D eigenvalue weighted by molar-refractivity contribution is 5.87. The zero-order valence-electron chi connectivity index (χ0n) is 37.6. The second-order valence-corrected chi connectivity index (χ2v) is 17.1. The Balaban J connectivity index is 0.000000500. The van der Waals surface area contributed by atoms with Gasteiger partial charge in [0.15, 0.2) is 0 Å². The van der Waals surface area contributed by atoms with Gasteiger partial charge in [-0.25, -0.2) is 0 Å². The number of nitrogen functional groups attached to an aromatic ring is 1. The highest BCUT2D eigenvalue weighted by Gasteiger charge is 2.38. The van der Waals surface area contributed by atoms with E-state index in [0.29, 0.717) is 5.92 Å². The van der Waals surface area contributed by atoms with Gasteiger partial charge >= 0.3 is 0 Å². The van der Waals surface area contributed by atoms with Crippen molar-refractivity contribution in [2.75, 3.05) is 22.3 Å². The van der Waals surface area contributed by atoms with Crippen molar-refractivity contribution in [3.8, 4) is 0 Å². The van der Waals surface area contributed by atoms with E-state index in [9.17, 15) is 0 Å². The van der Waals surface area contributed by atoms with Gasteiger partial charge in [0.05, 0.1) is 11.4 Å². The van der Waals surface area contributed by atoms with Crippen LogP contribution in [0.2, 0.25) is 0 Å². The molecule has 6 aromatic rings. The van der Waals surface area contributed by atoms with Crippen LogP contribution < -0.4 is 26.4 Å². The highest BCUT2D eigenvalue weighted by atomic mass is 15.2. The van der Waals surface area contributed by atoms with Crippen LogP contribution in [0.4, 0.5) is 34.1 Å². The first-order valence-corrected chi connectivity index (χ1v) is 22.0. The molecule has 4 N–H and O–H groups in total. The van der Waals surface area contributed by atoms with Gasteiger partial charge in [0.1, 0.15) is 0 Å². The summed E-state index contributed by atoms with van der Waals surface area (Å²) in [4.78, 5) is 4.94. The summed E-state index contributed by atoms with van der Waals surface area (Å²) in [6.07, 6.45) is 6.65. The number of rotatable bonds is 7. The summed E-state index contributed by atoms with van der Waals surface area (Å²) in [5, 5.41) is 3.66. The first-order chi connectivity index (χ1) is 29.6. The van der Waals surface area contributed by atoms with Crippen LogP contribution in [0, 0.1) is 5.92 Å². The Kier molecular flexibility index (Phi) is 12.7. The van der Waals surface area contributed by atoms with Gasteiger partial charge in [-0.05, 0) is 112 Å². The van der Waals surface area contributed by atoms with Crippen molar-refractivity contribution in [3.63, 3.8) is 0 Å². The van der Waals surface area contributed by atoms with Crippen molar-refractivity contribution in [1.29, 1.82) is 0 Å². The summed E-state index contributed by atoms with van der Waals surface area (Å²) in [5.41, 5.74) is 21.6. The van der Waals surface area contributed by atoms with Gasteiger partial charge in [0.25, 0.3) is 0 Å². The molecule has 5 nitrogen and oxygen atoms in total. The SMILES string of the molecule is CC.CN/C(C1=CC=C(N2c3ccccc3C(C)(C)c3ccccc32)CC1)=C(/c1ccc(N2c3ccccc3C(C)(C)c3ccccc32)cc1)C(C)C.NNc1ccccc1. The zero-order chi connectivity index (χ0) is 43.3. The van der Waals surface area contributed by atoms with Gasteiger partial charge in [-0.1, -0.05) is 165 Å². The molecular formula is C56H63N5. The Morgan fingerprint density at radius 1 is 0.541 bits per heavy atom. The number of nitrogens with one attached hydrogen (secondary N) is 2. The largest absolute Gasteiger partial charge is 0.388 e. The van der Waals surface area contributed by atoms with Gasteiger partial charge in [0.2, 0.25) is 0 Å². The maximum atomic E-state index is 5.10. The fraction of sp³-hybridized carbons (Fsp3) is 0.250. The average Bonchev–Trinajstić information content (AvgIpc) is 3.30. The fourth-order valence-corrected chi connectivity index (χ4v) is 9.51. The number of hydrogen-bond acceptors (Lipinski definition) is 5. The monoisotopic (exact) mass is 806 g/mol. The summed E-state index contributed by atoms with van der Waals surface area (Å²) >= 11 is 0. The molecule has 0 bridgehead atoms. The molecule has 2 heterocycles. The van der Waals surface area contributed by atoms with Crippen molar-refractivity contribution >= 4 is 39.7 Å². The molecule has 312 valence electrons. The van der Waals surface area contributed by atoms with E-state index in [1.807, 2.05) is 44.2 Å². The Labute approximate surface area is 365 Å². The summed E-state index contributed by atoms with van der Waals surface area (Å²) in [7, 11) is 2.08. The summed E-state index contributed by atoms with van der Waals surface area (Å²) in [6.45, 7) is 18.0. The number of para-hydroxylation sites is 5. The molecule has 0 unspecified atom stereocenters. The molecule has 0 radical (unpaired) electrons. The number of nitrogens with zero attached hydrogens (tertiary/aromatic N) is 2. The van der Waals surface area contributed by atoms with Gasteiger partial charge in [-0.2, -0.15) is 0 Å². The predicted octanol–water partition coefficient (Wildman–Crippen LogP) is 14.5. The molecule has 0 aromatic heterocycles. The van der Waals surface area contributed by atoms with E-state index in [1.165, 1.54) is 78.8 Å². The third-order valence-electron chi connectivity index (χ3n) is 12.5. The Bertz CT molecular complexity index is 2460. The van der Waals surface area contributed by atoms with Crippen molar-refractivity contribution in [2.45, 2.75) is 79.1 Å². The van der Waals surface area contributed by atoms with E-state index in [-0.39, 0.29) is 10.8 Å².